The first-order chi connectivity index (χ1) is 17.7. The minimum Gasteiger partial charge on any atom is -0.303 e. The van der Waals surface area contributed by atoms with E-state index in [2.05, 4.69) is 62.4 Å². The van der Waals surface area contributed by atoms with Crippen LogP contribution in [0.5, 0.6) is 0 Å². The molecule has 0 atom stereocenters. The van der Waals surface area contributed by atoms with Crippen molar-refractivity contribution in [2.45, 2.75) is 128 Å². The quantitative estimate of drug-likeness (QED) is 0.215. The predicted molar refractivity (Wildman–Crippen MR) is 155 cm³/mol. The minimum absolute atomic E-state index is 0.0400. The van der Waals surface area contributed by atoms with E-state index in [1.54, 1.807) is 5.56 Å². The zero-order valence-corrected chi connectivity index (χ0v) is 23.2. The molecular weight excluding hydrogens is 436 g/mol. The minimum atomic E-state index is -0.0400. The van der Waals surface area contributed by atoms with Gasteiger partial charge in [0.1, 0.15) is 6.29 Å². The van der Waals surface area contributed by atoms with Gasteiger partial charge < -0.3 is 4.79 Å². The lowest BCUT2D eigenvalue weighted by molar-refractivity contribution is -0.118. The molecule has 0 N–H and O–H groups in total. The monoisotopic (exact) mass is 486 g/mol. The molecule has 4 rings (SSSR count). The number of carbonyl (C=O) groups is 1. The van der Waals surface area contributed by atoms with E-state index in [1.807, 2.05) is 0 Å². The average molecular weight is 487 g/mol. The van der Waals surface area contributed by atoms with Crippen molar-refractivity contribution in [2.75, 3.05) is 0 Å². The van der Waals surface area contributed by atoms with Gasteiger partial charge >= 0.3 is 0 Å². The molecule has 196 valence electrons. The smallest absolute Gasteiger partial charge is 0.126 e. The second-order valence-corrected chi connectivity index (χ2v) is 12.2. The Balaban J connectivity index is 1.28. The number of hydrogen-bond donors (Lipinski definition) is 0. The van der Waals surface area contributed by atoms with Gasteiger partial charge in [0.15, 0.2) is 0 Å². The van der Waals surface area contributed by atoms with E-state index in [4.69, 9.17) is 0 Å². The van der Waals surface area contributed by atoms with Gasteiger partial charge in [-0.25, -0.2) is 0 Å². The van der Waals surface area contributed by atoms with Gasteiger partial charge in [0, 0.05) is 5.41 Å². The molecule has 0 aliphatic heterocycles. The lowest BCUT2D eigenvalue weighted by Gasteiger charge is -2.36. The van der Waals surface area contributed by atoms with Crippen LogP contribution < -0.4 is 0 Å². The van der Waals surface area contributed by atoms with E-state index in [1.165, 1.54) is 93.6 Å². The zero-order valence-electron chi connectivity index (χ0n) is 23.2. The molecule has 2 aromatic rings. The van der Waals surface area contributed by atoms with Gasteiger partial charge in [0.25, 0.3) is 0 Å². The van der Waals surface area contributed by atoms with Crippen molar-refractivity contribution >= 4 is 6.29 Å². The van der Waals surface area contributed by atoms with E-state index >= 15 is 0 Å². The van der Waals surface area contributed by atoms with Crippen LogP contribution >= 0.6 is 0 Å². The largest absolute Gasteiger partial charge is 0.303 e. The summed E-state index contributed by atoms with van der Waals surface area (Å²) in [5, 5.41) is 0. The fourth-order valence-electron chi connectivity index (χ4n) is 7.04. The van der Waals surface area contributed by atoms with Crippen LogP contribution in [0.1, 0.15) is 140 Å². The van der Waals surface area contributed by atoms with Gasteiger partial charge in [-0.1, -0.05) is 107 Å². The molecule has 36 heavy (non-hydrogen) atoms. The molecule has 2 aliphatic carbocycles. The number of carbonyl (C=O) groups excluding carboxylic acids is 1. The summed E-state index contributed by atoms with van der Waals surface area (Å²) in [5.41, 5.74) is 5.61. The average Bonchev–Trinajstić information content (AvgIpc) is 2.94. The summed E-state index contributed by atoms with van der Waals surface area (Å²) in [7, 11) is 0. The van der Waals surface area contributed by atoms with E-state index in [9.17, 15) is 4.79 Å². The molecule has 0 spiro atoms. The van der Waals surface area contributed by atoms with Crippen LogP contribution in [-0.2, 0) is 4.79 Å². The molecule has 0 radical (unpaired) electrons. The standard InChI is InChI=1S/C35H50O/c1-3-5-7-9-28-10-12-29(13-11-28)30-14-16-31(17-15-30)32-18-20-33(21-19-32)34-22-25-35(27-36,26-23-34)24-8-6-4-2/h14-21,27-29,34H,3-13,22-26H2,1-2H3. The maximum absolute atomic E-state index is 11.9. The normalized spacial score (nSPS) is 26.6. The molecule has 0 saturated heterocycles. The third-order valence-electron chi connectivity index (χ3n) is 9.67. The summed E-state index contributed by atoms with van der Waals surface area (Å²) in [6, 6.07) is 18.8. The molecule has 2 saturated carbocycles. The maximum atomic E-state index is 11.9. The van der Waals surface area contributed by atoms with Gasteiger partial charge in [-0.05, 0) is 97.8 Å². The number of rotatable bonds is 12. The van der Waals surface area contributed by atoms with Crippen molar-refractivity contribution in [1.29, 1.82) is 0 Å². The van der Waals surface area contributed by atoms with Crippen molar-refractivity contribution in [1.82, 2.24) is 0 Å². The van der Waals surface area contributed by atoms with E-state index in [-0.39, 0.29) is 5.41 Å². The highest BCUT2D eigenvalue weighted by Crippen LogP contribution is 2.45. The Bertz CT molecular complexity index is 893. The van der Waals surface area contributed by atoms with Crippen LogP contribution in [0.3, 0.4) is 0 Å². The van der Waals surface area contributed by atoms with Crippen molar-refractivity contribution in [2.24, 2.45) is 11.3 Å². The van der Waals surface area contributed by atoms with Crippen molar-refractivity contribution < 1.29 is 4.79 Å². The van der Waals surface area contributed by atoms with Crippen molar-refractivity contribution in [3.8, 4) is 11.1 Å². The van der Waals surface area contributed by atoms with E-state index in [0.29, 0.717) is 5.92 Å². The Labute approximate surface area is 221 Å². The molecule has 1 heteroatoms. The van der Waals surface area contributed by atoms with Crippen LogP contribution in [0.15, 0.2) is 48.5 Å². The molecule has 0 heterocycles. The van der Waals surface area contributed by atoms with Crippen LogP contribution in [0, 0.1) is 11.3 Å². The number of hydrogen-bond acceptors (Lipinski definition) is 1. The Hall–Kier alpha value is -1.89. The van der Waals surface area contributed by atoms with Crippen LogP contribution in [-0.4, -0.2) is 6.29 Å². The molecule has 2 fully saturated rings. The van der Waals surface area contributed by atoms with Gasteiger partial charge in [0.05, 0.1) is 0 Å². The van der Waals surface area contributed by atoms with Gasteiger partial charge in [-0.15, -0.1) is 0 Å². The second-order valence-electron chi connectivity index (χ2n) is 12.2. The van der Waals surface area contributed by atoms with E-state index in [0.717, 1.165) is 43.9 Å². The van der Waals surface area contributed by atoms with Crippen LogP contribution in [0.2, 0.25) is 0 Å². The SMILES string of the molecule is CCCCCC1CCC(c2ccc(-c3ccc(C4CCC(C=O)(CCCCC)CC4)cc3)cc2)CC1. The molecule has 0 bridgehead atoms. The summed E-state index contributed by atoms with van der Waals surface area (Å²) in [6.07, 6.45) is 21.7. The number of unbranched alkanes of at least 4 members (excludes halogenated alkanes) is 4. The molecule has 0 unspecified atom stereocenters. The fraction of sp³-hybridized carbons (Fsp3) is 0.629. The van der Waals surface area contributed by atoms with Crippen molar-refractivity contribution in [3.05, 3.63) is 59.7 Å². The maximum Gasteiger partial charge on any atom is 0.126 e. The molecule has 0 aromatic heterocycles. The summed E-state index contributed by atoms with van der Waals surface area (Å²) in [4.78, 5) is 11.9. The Morgan fingerprint density at radius 3 is 1.67 bits per heavy atom. The van der Waals surface area contributed by atoms with Gasteiger partial charge in [0.2, 0.25) is 0 Å². The zero-order chi connectivity index (χ0) is 25.2. The van der Waals surface area contributed by atoms with Crippen LogP contribution in [0.25, 0.3) is 11.1 Å². The van der Waals surface area contributed by atoms with E-state index < -0.39 is 0 Å². The second kappa shape index (κ2) is 13.6. The Morgan fingerprint density at radius 1 is 0.667 bits per heavy atom. The summed E-state index contributed by atoms with van der Waals surface area (Å²) < 4.78 is 0. The molecular formula is C35H50O. The molecule has 2 aromatic carbocycles. The Morgan fingerprint density at radius 2 is 1.17 bits per heavy atom. The predicted octanol–water partition coefficient (Wildman–Crippen LogP) is 10.6. The molecule has 2 aliphatic rings. The summed E-state index contributed by atoms with van der Waals surface area (Å²) in [5.74, 6) is 2.35. The highest BCUT2D eigenvalue weighted by atomic mass is 16.1. The summed E-state index contributed by atoms with van der Waals surface area (Å²) in [6.45, 7) is 4.55. The number of aldehydes is 1. The summed E-state index contributed by atoms with van der Waals surface area (Å²) >= 11 is 0. The van der Waals surface area contributed by atoms with Gasteiger partial charge in [-0.3, -0.25) is 0 Å². The molecule has 1 nitrogen and oxygen atoms in total. The number of benzene rings is 2. The first kappa shape index (κ1) is 27.2. The first-order valence-corrected chi connectivity index (χ1v) is 15.3. The lowest BCUT2D eigenvalue weighted by Crippen LogP contribution is -2.28. The van der Waals surface area contributed by atoms with Crippen LogP contribution in [0.4, 0.5) is 0 Å². The lowest BCUT2D eigenvalue weighted by atomic mass is 9.67. The highest BCUT2D eigenvalue weighted by molar-refractivity contribution is 5.64. The fourth-order valence-corrected chi connectivity index (χ4v) is 7.04. The first-order valence-electron chi connectivity index (χ1n) is 15.3. The van der Waals surface area contributed by atoms with Gasteiger partial charge in [-0.2, -0.15) is 0 Å². The third kappa shape index (κ3) is 7.11. The third-order valence-corrected chi connectivity index (χ3v) is 9.67. The molecule has 0 amide bonds. The Kier molecular flexibility index (Phi) is 10.3. The topological polar surface area (TPSA) is 17.1 Å². The van der Waals surface area contributed by atoms with Crippen molar-refractivity contribution in [3.63, 3.8) is 0 Å². The highest BCUT2D eigenvalue weighted by Gasteiger charge is 2.35.